The van der Waals surface area contributed by atoms with E-state index in [0.717, 1.165) is 20.1 Å². The molecule has 0 fully saturated rings. The largest absolute Gasteiger partial charge is 0.490 e. The van der Waals surface area contributed by atoms with Crippen molar-refractivity contribution in [3.63, 3.8) is 0 Å². The van der Waals surface area contributed by atoms with Gasteiger partial charge in [0.15, 0.2) is 11.5 Å². The molecule has 0 aliphatic heterocycles. The predicted octanol–water partition coefficient (Wildman–Crippen LogP) is 6.65. The highest BCUT2D eigenvalue weighted by atomic mass is 79.9. The number of nitrogens with zero attached hydrogens (tertiary/aromatic N) is 2. The zero-order valence-electron chi connectivity index (χ0n) is 17.2. The highest BCUT2D eigenvalue weighted by Crippen LogP contribution is 2.37. The first-order valence-corrected chi connectivity index (χ1v) is 11.3. The summed E-state index contributed by atoms with van der Waals surface area (Å²) in [5.41, 5.74) is 2.45. The minimum absolute atomic E-state index is 0.0130. The summed E-state index contributed by atoms with van der Waals surface area (Å²) in [5, 5.41) is 14.8. The first kappa shape index (κ1) is 23.7. The Bertz CT molecular complexity index is 1100. The lowest BCUT2D eigenvalue weighted by Gasteiger charge is -2.14. The Morgan fingerprint density at radius 2 is 1.78 bits per heavy atom. The van der Waals surface area contributed by atoms with Crippen molar-refractivity contribution < 1.29 is 19.2 Å². The van der Waals surface area contributed by atoms with Crippen molar-refractivity contribution in [2.45, 2.75) is 20.1 Å². The molecule has 0 atom stereocenters. The number of non-ortho nitro benzene ring substituents is 1. The van der Waals surface area contributed by atoms with Crippen LogP contribution in [-0.4, -0.2) is 17.7 Å². The van der Waals surface area contributed by atoms with Crippen molar-refractivity contribution in [1.29, 1.82) is 0 Å². The smallest absolute Gasteiger partial charge is 0.269 e. The Labute approximate surface area is 202 Å². The predicted molar refractivity (Wildman–Crippen MR) is 129 cm³/mol. The second kappa shape index (κ2) is 11.6. The van der Waals surface area contributed by atoms with Crippen LogP contribution in [0.4, 0.5) is 5.69 Å². The summed E-state index contributed by atoms with van der Waals surface area (Å²) in [6.45, 7) is 2.89. The molecular formula is C23H20Br2N2O5. The maximum absolute atomic E-state index is 10.9. The molecule has 0 amide bonds. The summed E-state index contributed by atoms with van der Waals surface area (Å²) in [6, 6.07) is 17.8. The first-order valence-electron chi connectivity index (χ1n) is 9.68. The van der Waals surface area contributed by atoms with E-state index in [1.165, 1.54) is 12.1 Å². The average molecular weight is 564 g/mol. The molecule has 3 aromatic rings. The molecule has 0 radical (unpaired) electrons. The molecule has 0 unspecified atom stereocenters. The topological polar surface area (TPSA) is 83.2 Å². The SMILES string of the molecule is CCOc1cc(/C=N\OCc2cccc([N+](=O)[O-])c2)cc(Br)c1OCc1ccc(Br)cc1. The highest BCUT2D eigenvalue weighted by molar-refractivity contribution is 9.10. The number of hydrogen-bond donors (Lipinski definition) is 0. The van der Waals surface area contributed by atoms with Crippen molar-refractivity contribution in [1.82, 2.24) is 0 Å². The Morgan fingerprint density at radius 1 is 1.00 bits per heavy atom. The zero-order chi connectivity index (χ0) is 22.9. The standard InChI is InChI=1S/C23H20Br2N2O5/c1-2-30-22-12-18(13-26-32-15-17-4-3-5-20(10-17)27(28)29)11-21(25)23(22)31-14-16-6-8-19(24)9-7-16/h3-13H,2,14-15H2,1H3/b26-13-. The number of halogens is 2. The summed E-state index contributed by atoms with van der Waals surface area (Å²) in [5.74, 6) is 1.18. The van der Waals surface area contributed by atoms with Gasteiger partial charge in [0.1, 0.15) is 13.2 Å². The quantitative estimate of drug-likeness (QED) is 0.157. The average Bonchev–Trinajstić information content (AvgIpc) is 2.78. The maximum atomic E-state index is 10.9. The van der Waals surface area contributed by atoms with Gasteiger partial charge in [-0.3, -0.25) is 10.1 Å². The minimum atomic E-state index is -0.445. The third-order valence-electron chi connectivity index (χ3n) is 4.26. The van der Waals surface area contributed by atoms with Gasteiger partial charge in [0.25, 0.3) is 5.69 Å². The van der Waals surface area contributed by atoms with Crippen LogP contribution in [0.25, 0.3) is 0 Å². The maximum Gasteiger partial charge on any atom is 0.269 e. The number of hydrogen-bond acceptors (Lipinski definition) is 6. The molecular weight excluding hydrogens is 544 g/mol. The van der Waals surface area contributed by atoms with Crippen molar-refractivity contribution in [3.8, 4) is 11.5 Å². The Morgan fingerprint density at radius 3 is 2.50 bits per heavy atom. The van der Waals surface area contributed by atoms with Crippen molar-refractivity contribution >= 4 is 43.8 Å². The molecule has 0 bridgehead atoms. The van der Waals surface area contributed by atoms with Crippen LogP contribution in [0.5, 0.6) is 11.5 Å². The number of oxime groups is 1. The second-order valence-electron chi connectivity index (χ2n) is 6.61. The Kier molecular flexibility index (Phi) is 8.64. The highest BCUT2D eigenvalue weighted by Gasteiger charge is 2.12. The number of ether oxygens (including phenoxy) is 2. The van der Waals surface area contributed by atoms with Crippen LogP contribution in [-0.2, 0) is 18.1 Å². The molecule has 0 spiro atoms. The van der Waals surface area contributed by atoms with Crippen LogP contribution in [0.3, 0.4) is 0 Å². The fourth-order valence-corrected chi connectivity index (χ4v) is 3.61. The first-order chi connectivity index (χ1) is 15.5. The van der Waals surface area contributed by atoms with E-state index in [2.05, 4.69) is 37.0 Å². The summed E-state index contributed by atoms with van der Waals surface area (Å²) >= 11 is 6.96. The van der Waals surface area contributed by atoms with Gasteiger partial charge in [0, 0.05) is 22.2 Å². The van der Waals surface area contributed by atoms with Crippen LogP contribution < -0.4 is 9.47 Å². The molecule has 3 aromatic carbocycles. The molecule has 0 aliphatic carbocycles. The van der Waals surface area contributed by atoms with E-state index >= 15 is 0 Å². The van der Waals surface area contributed by atoms with Crippen LogP contribution >= 0.6 is 31.9 Å². The van der Waals surface area contributed by atoms with E-state index in [9.17, 15) is 10.1 Å². The second-order valence-corrected chi connectivity index (χ2v) is 8.38. The van der Waals surface area contributed by atoms with Gasteiger partial charge in [-0.15, -0.1) is 0 Å². The Balaban J connectivity index is 1.67. The number of nitro groups is 1. The molecule has 0 aromatic heterocycles. The number of rotatable bonds is 10. The minimum Gasteiger partial charge on any atom is -0.490 e. The third-order valence-corrected chi connectivity index (χ3v) is 5.37. The van der Waals surface area contributed by atoms with Gasteiger partial charge in [0.2, 0.25) is 0 Å². The summed E-state index contributed by atoms with van der Waals surface area (Å²) in [6.07, 6.45) is 1.54. The molecule has 9 heteroatoms. The molecule has 0 saturated carbocycles. The van der Waals surface area contributed by atoms with E-state index in [1.54, 1.807) is 18.3 Å². The van der Waals surface area contributed by atoms with Crippen molar-refractivity contribution in [2.24, 2.45) is 5.16 Å². The van der Waals surface area contributed by atoms with Crippen molar-refractivity contribution in [3.05, 3.63) is 96.4 Å². The van der Waals surface area contributed by atoms with E-state index < -0.39 is 4.92 Å². The van der Waals surface area contributed by atoms with Crippen LogP contribution in [0.1, 0.15) is 23.6 Å². The van der Waals surface area contributed by atoms with Crippen LogP contribution in [0.15, 0.2) is 74.8 Å². The van der Waals surface area contributed by atoms with E-state index in [1.807, 2.05) is 43.3 Å². The van der Waals surface area contributed by atoms with E-state index in [-0.39, 0.29) is 12.3 Å². The molecule has 32 heavy (non-hydrogen) atoms. The fourth-order valence-electron chi connectivity index (χ4n) is 2.77. The molecule has 166 valence electrons. The van der Waals surface area contributed by atoms with Crippen LogP contribution in [0, 0.1) is 10.1 Å². The van der Waals surface area contributed by atoms with Gasteiger partial charge >= 0.3 is 0 Å². The third kappa shape index (κ3) is 6.80. The number of benzene rings is 3. The molecule has 0 aliphatic rings. The van der Waals surface area contributed by atoms with Gasteiger partial charge in [-0.05, 0) is 58.2 Å². The normalized spacial score (nSPS) is 10.8. The van der Waals surface area contributed by atoms with Gasteiger partial charge in [-0.25, -0.2) is 0 Å². The van der Waals surface area contributed by atoms with Gasteiger partial charge in [0.05, 0.1) is 22.2 Å². The molecule has 0 saturated heterocycles. The monoisotopic (exact) mass is 562 g/mol. The van der Waals surface area contributed by atoms with Gasteiger partial charge in [-0.1, -0.05) is 45.4 Å². The lowest BCUT2D eigenvalue weighted by molar-refractivity contribution is -0.384. The molecule has 3 rings (SSSR count). The zero-order valence-corrected chi connectivity index (χ0v) is 20.3. The van der Waals surface area contributed by atoms with Crippen LogP contribution in [0.2, 0.25) is 0 Å². The van der Waals surface area contributed by atoms with E-state index in [0.29, 0.717) is 30.3 Å². The number of nitro benzene ring substituents is 1. The summed E-state index contributed by atoms with van der Waals surface area (Å²) in [4.78, 5) is 15.7. The molecule has 7 nitrogen and oxygen atoms in total. The molecule has 0 N–H and O–H groups in total. The summed E-state index contributed by atoms with van der Waals surface area (Å²) in [7, 11) is 0. The van der Waals surface area contributed by atoms with Gasteiger partial charge in [-0.2, -0.15) is 0 Å². The van der Waals surface area contributed by atoms with Gasteiger partial charge < -0.3 is 14.3 Å². The fraction of sp³-hybridized carbons (Fsp3) is 0.174. The van der Waals surface area contributed by atoms with Crippen molar-refractivity contribution in [2.75, 3.05) is 6.61 Å². The summed E-state index contributed by atoms with van der Waals surface area (Å²) < 4.78 is 13.5. The lowest BCUT2D eigenvalue weighted by atomic mass is 10.2. The Hall–Kier alpha value is -2.91. The molecule has 0 heterocycles. The lowest BCUT2D eigenvalue weighted by Crippen LogP contribution is -2.01. The van der Waals surface area contributed by atoms with E-state index in [4.69, 9.17) is 14.3 Å².